The fraction of sp³-hybridized carbons (Fsp3) is 0.333. The van der Waals surface area contributed by atoms with E-state index in [0.29, 0.717) is 47.4 Å². The number of carbonyl (C=O) groups excluding carboxylic acids is 2. The number of nitrogens with one attached hydrogen (secondary N) is 1. The number of anilines is 2. The van der Waals surface area contributed by atoms with Gasteiger partial charge in [0.25, 0.3) is 0 Å². The van der Waals surface area contributed by atoms with Crippen molar-refractivity contribution in [3.05, 3.63) is 40.3 Å². The maximum atomic E-state index is 12.2. The van der Waals surface area contributed by atoms with Crippen LogP contribution in [0.3, 0.4) is 0 Å². The molecule has 158 valence electrons. The molecule has 0 aliphatic carbocycles. The Hall–Kier alpha value is -2.65. The number of hydrogen-bond donors (Lipinski definition) is 2. The maximum Gasteiger partial charge on any atom is 0.338 e. The highest BCUT2D eigenvalue weighted by molar-refractivity contribution is 7.99. The van der Waals surface area contributed by atoms with Crippen molar-refractivity contribution in [2.75, 3.05) is 23.4 Å². The van der Waals surface area contributed by atoms with Gasteiger partial charge in [0, 0.05) is 22.7 Å². The fourth-order valence-corrected chi connectivity index (χ4v) is 4.73. The number of thiophene rings is 1. The molecule has 0 unspecified atom stereocenters. The molecule has 1 amide bonds. The zero-order valence-corrected chi connectivity index (χ0v) is 18.8. The molecule has 0 saturated heterocycles. The molecule has 9 heteroatoms. The number of carbonyl (C=O) groups is 2. The molecule has 30 heavy (non-hydrogen) atoms. The molecule has 1 aromatic carbocycles. The molecule has 3 aromatic rings. The van der Waals surface area contributed by atoms with Gasteiger partial charge in [0.05, 0.1) is 17.6 Å². The van der Waals surface area contributed by atoms with Crippen molar-refractivity contribution < 1.29 is 14.3 Å². The van der Waals surface area contributed by atoms with Gasteiger partial charge in [-0.15, -0.1) is 11.3 Å². The number of thioether (sulfide) groups is 1. The molecular formula is C21H24N4O3S2. The predicted octanol–water partition coefficient (Wildman–Crippen LogP) is 4.58. The summed E-state index contributed by atoms with van der Waals surface area (Å²) in [6.45, 7) is 6.17. The van der Waals surface area contributed by atoms with Crippen LogP contribution in [-0.2, 0) is 9.53 Å². The number of hydrogen-bond acceptors (Lipinski definition) is 8. The second-order valence-electron chi connectivity index (χ2n) is 6.65. The smallest absolute Gasteiger partial charge is 0.338 e. The fourth-order valence-electron chi connectivity index (χ4n) is 2.85. The lowest BCUT2D eigenvalue weighted by Gasteiger charge is -2.07. The van der Waals surface area contributed by atoms with Gasteiger partial charge in [-0.05, 0) is 57.0 Å². The van der Waals surface area contributed by atoms with Crippen LogP contribution in [0.2, 0.25) is 0 Å². The van der Waals surface area contributed by atoms with E-state index < -0.39 is 0 Å². The summed E-state index contributed by atoms with van der Waals surface area (Å²) < 4.78 is 4.94. The monoisotopic (exact) mass is 444 g/mol. The van der Waals surface area contributed by atoms with Crippen LogP contribution < -0.4 is 11.1 Å². The molecular weight excluding hydrogens is 420 g/mol. The van der Waals surface area contributed by atoms with Crippen molar-refractivity contribution in [2.24, 2.45) is 0 Å². The topological polar surface area (TPSA) is 107 Å². The Morgan fingerprint density at radius 2 is 1.93 bits per heavy atom. The number of ether oxygens (including phenoxy) is 1. The Balaban J connectivity index is 1.47. The number of nitrogens with zero attached hydrogens (tertiary/aromatic N) is 2. The third-order valence-electron chi connectivity index (χ3n) is 4.50. The van der Waals surface area contributed by atoms with E-state index in [9.17, 15) is 9.59 Å². The van der Waals surface area contributed by atoms with E-state index in [0.717, 1.165) is 15.8 Å². The van der Waals surface area contributed by atoms with Gasteiger partial charge in [0.15, 0.2) is 5.16 Å². The minimum absolute atomic E-state index is 0.0834. The molecule has 0 fully saturated rings. The largest absolute Gasteiger partial charge is 0.462 e. The zero-order valence-electron chi connectivity index (χ0n) is 17.2. The first-order valence-corrected chi connectivity index (χ1v) is 11.4. The summed E-state index contributed by atoms with van der Waals surface area (Å²) in [6.07, 6.45) is 1.06. The van der Waals surface area contributed by atoms with E-state index in [1.807, 2.05) is 6.92 Å². The van der Waals surface area contributed by atoms with E-state index >= 15 is 0 Å². The van der Waals surface area contributed by atoms with Crippen molar-refractivity contribution in [3.63, 3.8) is 0 Å². The van der Waals surface area contributed by atoms with Crippen LogP contribution in [0.25, 0.3) is 10.2 Å². The van der Waals surface area contributed by atoms with Crippen LogP contribution in [0.1, 0.15) is 40.6 Å². The maximum absolute atomic E-state index is 12.2. The summed E-state index contributed by atoms with van der Waals surface area (Å²) in [6, 6.07) is 6.65. The number of esters is 1. The van der Waals surface area contributed by atoms with E-state index in [1.54, 1.807) is 42.5 Å². The normalized spacial score (nSPS) is 10.9. The van der Waals surface area contributed by atoms with Crippen LogP contribution >= 0.6 is 23.1 Å². The Bertz CT molecular complexity index is 1060. The molecule has 0 bridgehead atoms. The number of nitrogen functional groups attached to an aromatic ring is 1. The predicted molar refractivity (Wildman–Crippen MR) is 122 cm³/mol. The summed E-state index contributed by atoms with van der Waals surface area (Å²) in [4.78, 5) is 34.9. The Morgan fingerprint density at radius 1 is 1.20 bits per heavy atom. The molecule has 2 aromatic heterocycles. The Labute approximate surface area is 183 Å². The molecule has 0 radical (unpaired) electrons. The quantitative estimate of drug-likeness (QED) is 0.227. The van der Waals surface area contributed by atoms with Gasteiger partial charge in [0.2, 0.25) is 5.91 Å². The minimum atomic E-state index is -0.374. The SMILES string of the molecule is CCOC(=O)c1ccc(NC(=O)CCCSc2nc(N)c3c(C)c(C)sc3n2)cc1. The third kappa shape index (κ3) is 5.28. The lowest BCUT2D eigenvalue weighted by molar-refractivity contribution is -0.116. The summed E-state index contributed by atoms with van der Waals surface area (Å²) >= 11 is 3.12. The van der Waals surface area contributed by atoms with E-state index in [4.69, 9.17) is 10.5 Å². The molecule has 3 N–H and O–H groups in total. The molecule has 0 aliphatic rings. The number of aryl methyl sites for hydroxylation is 2. The second-order valence-corrected chi connectivity index (χ2v) is 8.92. The summed E-state index contributed by atoms with van der Waals surface area (Å²) in [5.74, 6) is 0.762. The molecule has 3 rings (SSSR count). The van der Waals surface area contributed by atoms with E-state index in [2.05, 4.69) is 22.2 Å². The average molecular weight is 445 g/mol. The number of nitrogens with two attached hydrogens (primary N) is 1. The summed E-state index contributed by atoms with van der Waals surface area (Å²) in [5.41, 5.74) is 8.34. The molecule has 0 atom stereocenters. The van der Waals surface area contributed by atoms with Crippen LogP contribution in [-0.4, -0.2) is 34.2 Å². The number of benzene rings is 1. The highest BCUT2D eigenvalue weighted by Crippen LogP contribution is 2.33. The number of rotatable bonds is 8. The number of amides is 1. The molecule has 2 heterocycles. The van der Waals surface area contributed by atoms with Crippen LogP contribution in [0.5, 0.6) is 0 Å². The third-order valence-corrected chi connectivity index (χ3v) is 6.53. The molecule has 7 nitrogen and oxygen atoms in total. The first-order valence-electron chi connectivity index (χ1n) is 9.62. The summed E-state index contributed by atoms with van der Waals surface area (Å²) in [7, 11) is 0. The van der Waals surface area contributed by atoms with Crippen LogP contribution in [0.4, 0.5) is 11.5 Å². The number of fused-ring (bicyclic) bond motifs is 1. The van der Waals surface area contributed by atoms with Crippen molar-refractivity contribution in [1.29, 1.82) is 0 Å². The Morgan fingerprint density at radius 3 is 2.63 bits per heavy atom. The zero-order chi connectivity index (χ0) is 21.7. The number of aromatic nitrogens is 2. The van der Waals surface area contributed by atoms with Crippen LogP contribution in [0.15, 0.2) is 29.4 Å². The molecule has 0 saturated carbocycles. The van der Waals surface area contributed by atoms with Crippen molar-refractivity contribution in [1.82, 2.24) is 9.97 Å². The molecule has 0 aliphatic heterocycles. The lowest BCUT2D eigenvalue weighted by Crippen LogP contribution is -2.12. The second kappa shape index (κ2) is 9.90. The van der Waals surface area contributed by atoms with E-state index in [-0.39, 0.29) is 11.9 Å². The van der Waals surface area contributed by atoms with Gasteiger partial charge in [0.1, 0.15) is 10.6 Å². The van der Waals surface area contributed by atoms with Gasteiger partial charge < -0.3 is 15.8 Å². The van der Waals surface area contributed by atoms with Gasteiger partial charge in [-0.2, -0.15) is 0 Å². The van der Waals surface area contributed by atoms with Crippen LogP contribution in [0, 0.1) is 13.8 Å². The first-order chi connectivity index (χ1) is 14.4. The highest BCUT2D eigenvalue weighted by Gasteiger charge is 2.13. The Kier molecular flexibility index (Phi) is 7.28. The average Bonchev–Trinajstić information content (AvgIpc) is 3.00. The molecule has 0 spiro atoms. The summed E-state index contributed by atoms with van der Waals surface area (Å²) in [5, 5.41) is 4.41. The van der Waals surface area contributed by atoms with Gasteiger partial charge in [-0.3, -0.25) is 4.79 Å². The van der Waals surface area contributed by atoms with Crippen molar-refractivity contribution >= 4 is 56.7 Å². The standard InChI is InChI=1S/C21H24N4O3S2/c1-4-28-20(27)14-7-9-15(10-8-14)23-16(26)6-5-11-29-21-24-18(22)17-12(2)13(3)30-19(17)25-21/h7-10H,4-6,11H2,1-3H3,(H,23,26)(H2,22,24,25). The lowest BCUT2D eigenvalue weighted by atomic mass is 10.2. The van der Waals surface area contributed by atoms with Crippen molar-refractivity contribution in [3.8, 4) is 0 Å². The highest BCUT2D eigenvalue weighted by atomic mass is 32.2. The van der Waals surface area contributed by atoms with Gasteiger partial charge in [-0.1, -0.05) is 11.8 Å². The van der Waals surface area contributed by atoms with E-state index in [1.165, 1.54) is 16.6 Å². The van der Waals surface area contributed by atoms with Crippen molar-refractivity contribution in [2.45, 2.75) is 38.8 Å². The van der Waals surface area contributed by atoms with Gasteiger partial charge >= 0.3 is 5.97 Å². The van der Waals surface area contributed by atoms with Gasteiger partial charge in [-0.25, -0.2) is 14.8 Å². The minimum Gasteiger partial charge on any atom is -0.462 e. The first kappa shape index (κ1) is 22.0.